The molecule has 21 heavy (non-hydrogen) atoms. The highest BCUT2D eigenvalue weighted by Gasteiger charge is 2.10. The van der Waals surface area contributed by atoms with Crippen molar-refractivity contribution in [2.24, 2.45) is 0 Å². The Labute approximate surface area is 120 Å². The number of hydrogen-bond donors (Lipinski definition) is 2. The standard InChI is InChI=1S/C14H13N5O2/c15-10-7-12(19-11-4-2-1-3-9(10)11)14(20)16-6-5-13-17-8-18-21-13/h1-4,7-8H,5-6H2,(H2,15,19)(H,16,20). The predicted octanol–water partition coefficient (Wildman–Crippen LogP) is 1.17. The minimum Gasteiger partial charge on any atom is -0.398 e. The Morgan fingerprint density at radius 1 is 1.33 bits per heavy atom. The second kappa shape index (κ2) is 5.58. The first-order chi connectivity index (χ1) is 10.2. The number of carbonyl (C=O) groups excluding carboxylic acids is 1. The average molecular weight is 283 g/mol. The van der Waals surface area contributed by atoms with Crippen molar-refractivity contribution in [1.82, 2.24) is 20.4 Å². The van der Waals surface area contributed by atoms with Crippen molar-refractivity contribution in [2.45, 2.75) is 6.42 Å². The normalized spacial score (nSPS) is 10.7. The van der Waals surface area contributed by atoms with Crippen LogP contribution in [0.15, 0.2) is 41.2 Å². The quantitative estimate of drug-likeness (QED) is 0.744. The molecule has 0 fully saturated rings. The molecule has 3 rings (SSSR count). The molecule has 0 aliphatic heterocycles. The SMILES string of the molecule is Nc1cc(C(=O)NCCc2ncno2)nc2ccccc12. The zero-order valence-electron chi connectivity index (χ0n) is 11.1. The van der Waals surface area contributed by atoms with Crippen LogP contribution in [0, 0.1) is 0 Å². The van der Waals surface area contributed by atoms with E-state index in [1.165, 1.54) is 6.33 Å². The third-order valence-electron chi connectivity index (χ3n) is 3.01. The number of rotatable bonds is 4. The summed E-state index contributed by atoms with van der Waals surface area (Å²) >= 11 is 0. The molecular formula is C14H13N5O2. The Hall–Kier alpha value is -2.96. The summed E-state index contributed by atoms with van der Waals surface area (Å²) in [6.45, 7) is 0.384. The average Bonchev–Trinajstić information content (AvgIpc) is 3.00. The number of fused-ring (bicyclic) bond motifs is 1. The monoisotopic (exact) mass is 283 g/mol. The topological polar surface area (TPSA) is 107 Å². The summed E-state index contributed by atoms with van der Waals surface area (Å²) in [5.74, 6) is 0.188. The lowest BCUT2D eigenvalue weighted by molar-refractivity contribution is 0.0949. The number of hydrogen-bond acceptors (Lipinski definition) is 6. The van der Waals surface area contributed by atoms with Gasteiger partial charge in [0.1, 0.15) is 5.69 Å². The van der Waals surface area contributed by atoms with Gasteiger partial charge in [0.25, 0.3) is 5.91 Å². The van der Waals surface area contributed by atoms with E-state index in [9.17, 15) is 4.79 Å². The van der Waals surface area contributed by atoms with Gasteiger partial charge >= 0.3 is 0 Å². The second-order valence-corrected chi connectivity index (χ2v) is 4.45. The van der Waals surface area contributed by atoms with Gasteiger partial charge in [0.05, 0.1) is 5.52 Å². The molecule has 0 atom stereocenters. The largest absolute Gasteiger partial charge is 0.398 e. The lowest BCUT2D eigenvalue weighted by Gasteiger charge is -2.06. The minimum atomic E-state index is -0.285. The maximum Gasteiger partial charge on any atom is 0.269 e. The third kappa shape index (κ3) is 2.81. The number of nitrogens with one attached hydrogen (secondary N) is 1. The van der Waals surface area contributed by atoms with Gasteiger partial charge < -0.3 is 15.6 Å². The summed E-state index contributed by atoms with van der Waals surface area (Å²) in [7, 11) is 0. The van der Waals surface area contributed by atoms with Crippen LogP contribution in [-0.2, 0) is 6.42 Å². The van der Waals surface area contributed by atoms with E-state index in [0.29, 0.717) is 30.1 Å². The van der Waals surface area contributed by atoms with Gasteiger partial charge in [0.15, 0.2) is 6.33 Å². The van der Waals surface area contributed by atoms with E-state index in [2.05, 4.69) is 20.4 Å². The summed E-state index contributed by atoms with van der Waals surface area (Å²) in [4.78, 5) is 20.3. The van der Waals surface area contributed by atoms with Gasteiger partial charge in [-0.2, -0.15) is 4.98 Å². The van der Waals surface area contributed by atoms with Gasteiger partial charge in [-0.1, -0.05) is 23.4 Å². The molecule has 7 nitrogen and oxygen atoms in total. The van der Waals surface area contributed by atoms with Crippen LogP contribution in [0.25, 0.3) is 10.9 Å². The van der Waals surface area contributed by atoms with Crippen LogP contribution in [0.2, 0.25) is 0 Å². The Balaban J connectivity index is 1.72. The highest BCUT2D eigenvalue weighted by Crippen LogP contribution is 2.19. The van der Waals surface area contributed by atoms with Gasteiger partial charge in [-0.05, 0) is 12.1 Å². The molecule has 106 valence electrons. The molecule has 3 N–H and O–H groups in total. The van der Waals surface area contributed by atoms with E-state index >= 15 is 0 Å². The molecular weight excluding hydrogens is 270 g/mol. The highest BCUT2D eigenvalue weighted by atomic mass is 16.5. The molecule has 0 bridgehead atoms. The molecule has 0 radical (unpaired) electrons. The first-order valence-electron chi connectivity index (χ1n) is 6.43. The zero-order valence-corrected chi connectivity index (χ0v) is 11.1. The van der Waals surface area contributed by atoms with Crippen LogP contribution in [-0.4, -0.2) is 27.6 Å². The molecule has 0 aliphatic carbocycles. The lowest BCUT2D eigenvalue weighted by Crippen LogP contribution is -2.26. The maximum atomic E-state index is 12.1. The zero-order chi connectivity index (χ0) is 14.7. The maximum absolute atomic E-state index is 12.1. The summed E-state index contributed by atoms with van der Waals surface area (Å²) in [6, 6.07) is 9.00. The molecule has 2 aromatic heterocycles. The summed E-state index contributed by atoms with van der Waals surface area (Å²) in [6.07, 6.45) is 1.79. The number of pyridine rings is 1. The number of anilines is 1. The van der Waals surface area contributed by atoms with Crippen molar-refractivity contribution >= 4 is 22.5 Å². The number of nitrogen functional groups attached to an aromatic ring is 1. The first-order valence-corrected chi connectivity index (χ1v) is 6.43. The van der Waals surface area contributed by atoms with Gasteiger partial charge in [-0.25, -0.2) is 4.98 Å². The Kier molecular flexibility index (Phi) is 3.46. The van der Waals surface area contributed by atoms with Crippen LogP contribution in [0.4, 0.5) is 5.69 Å². The number of benzene rings is 1. The Morgan fingerprint density at radius 3 is 3.00 bits per heavy atom. The van der Waals surface area contributed by atoms with Gasteiger partial charge in [-0.15, -0.1) is 0 Å². The van der Waals surface area contributed by atoms with Crippen LogP contribution in [0.3, 0.4) is 0 Å². The minimum absolute atomic E-state index is 0.285. The van der Waals surface area contributed by atoms with Gasteiger partial charge in [-0.3, -0.25) is 4.79 Å². The van der Waals surface area contributed by atoms with Gasteiger partial charge in [0, 0.05) is 24.0 Å². The number of para-hydroxylation sites is 1. The van der Waals surface area contributed by atoms with Crippen LogP contribution in [0.5, 0.6) is 0 Å². The number of carbonyl (C=O) groups is 1. The molecule has 1 aromatic carbocycles. The molecule has 0 saturated carbocycles. The molecule has 0 aliphatic rings. The molecule has 7 heteroatoms. The fourth-order valence-corrected chi connectivity index (χ4v) is 2.00. The molecule has 0 unspecified atom stereocenters. The fraction of sp³-hybridized carbons (Fsp3) is 0.143. The van der Waals surface area contributed by atoms with E-state index in [1.807, 2.05) is 24.3 Å². The molecule has 2 heterocycles. The first kappa shape index (κ1) is 13.0. The number of aromatic nitrogens is 3. The third-order valence-corrected chi connectivity index (χ3v) is 3.01. The number of amides is 1. The van der Waals surface area contributed by atoms with Crippen molar-refractivity contribution in [2.75, 3.05) is 12.3 Å². The predicted molar refractivity (Wildman–Crippen MR) is 76.5 cm³/mol. The van der Waals surface area contributed by atoms with Crippen molar-refractivity contribution in [1.29, 1.82) is 0 Å². The Bertz CT molecular complexity index is 770. The molecule has 3 aromatic rings. The highest BCUT2D eigenvalue weighted by molar-refractivity contribution is 5.99. The van der Waals surface area contributed by atoms with Gasteiger partial charge in [0.2, 0.25) is 5.89 Å². The Morgan fingerprint density at radius 2 is 2.19 bits per heavy atom. The smallest absolute Gasteiger partial charge is 0.269 e. The van der Waals surface area contributed by atoms with Crippen molar-refractivity contribution in [3.63, 3.8) is 0 Å². The second-order valence-electron chi connectivity index (χ2n) is 4.45. The van der Waals surface area contributed by atoms with Crippen molar-refractivity contribution in [3.8, 4) is 0 Å². The van der Waals surface area contributed by atoms with Crippen LogP contribution >= 0.6 is 0 Å². The summed E-state index contributed by atoms with van der Waals surface area (Å²) < 4.78 is 4.85. The van der Waals surface area contributed by atoms with E-state index in [0.717, 1.165) is 5.39 Å². The number of nitrogens with zero attached hydrogens (tertiary/aromatic N) is 3. The molecule has 0 spiro atoms. The molecule has 0 saturated heterocycles. The fourth-order valence-electron chi connectivity index (χ4n) is 2.00. The molecule has 1 amide bonds. The van der Waals surface area contributed by atoms with Crippen LogP contribution in [0.1, 0.15) is 16.4 Å². The van der Waals surface area contributed by atoms with E-state index in [4.69, 9.17) is 10.3 Å². The lowest BCUT2D eigenvalue weighted by atomic mass is 10.1. The summed E-state index contributed by atoms with van der Waals surface area (Å²) in [5, 5.41) is 7.07. The van der Waals surface area contributed by atoms with E-state index in [1.54, 1.807) is 6.07 Å². The van der Waals surface area contributed by atoms with Crippen molar-refractivity contribution in [3.05, 3.63) is 48.2 Å². The van der Waals surface area contributed by atoms with Crippen LogP contribution < -0.4 is 11.1 Å². The van der Waals surface area contributed by atoms with Crippen molar-refractivity contribution < 1.29 is 9.32 Å². The van der Waals surface area contributed by atoms with E-state index in [-0.39, 0.29) is 11.6 Å². The van der Waals surface area contributed by atoms with E-state index < -0.39 is 0 Å². The summed E-state index contributed by atoms with van der Waals surface area (Å²) in [5.41, 5.74) is 7.46. The number of nitrogens with two attached hydrogens (primary N) is 1.